The Bertz CT molecular complexity index is 1180. The van der Waals surface area contributed by atoms with Crippen LogP contribution in [0.3, 0.4) is 0 Å². The minimum absolute atomic E-state index is 0.0106. The van der Waals surface area contributed by atoms with E-state index in [1.165, 1.54) is 13.8 Å². The monoisotopic (exact) mass is 610 g/mol. The number of thiol groups is 1. The molecule has 0 amide bonds. The van der Waals surface area contributed by atoms with Crippen molar-refractivity contribution in [2.75, 3.05) is 26.9 Å². The van der Waals surface area contributed by atoms with E-state index in [4.69, 9.17) is 28.4 Å². The Morgan fingerprint density at radius 2 is 1.93 bits per heavy atom. The molecule has 0 saturated carbocycles. The van der Waals surface area contributed by atoms with Gasteiger partial charge in [-0.15, -0.1) is 5.10 Å². The summed E-state index contributed by atoms with van der Waals surface area (Å²) < 4.78 is 35.8. The van der Waals surface area contributed by atoms with Gasteiger partial charge in [0.1, 0.15) is 29.8 Å². The molecule has 1 N–H and O–H groups in total. The van der Waals surface area contributed by atoms with Crippen molar-refractivity contribution in [3.63, 3.8) is 0 Å². The van der Waals surface area contributed by atoms with Crippen molar-refractivity contribution in [1.82, 2.24) is 19.9 Å². The molecule has 0 radical (unpaired) electrons. The molecule has 2 aromatic rings. The third-order valence-corrected chi connectivity index (χ3v) is 6.81. The number of nitrogens with one attached hydrogen (secondary N) is 1. The van der Waals surface area contributed by atoms with E-state index in [1.54, 1.807) is 18.0 Å². The molecule has 42 heavy (non-hydrogen) atoms. The molecule has 15 heteroatoms. The Balaban J connectivity index is 1.67. The highest BCUT2D eigenvalue weighted by atomic mass is 32.1. The van der Waals surface area contributed by atoms with E-state index in [0.29, 0.717) is 11.4 Å². The summed E-state index contributed by atoms with van der Waals surface area (Å²) in [7, 11) is 1.59. The Morgan fingerprint density at radius 1 is 1.14 bits per heavy atom. The van der Waals surface area contributed by atoms with Crippen LogP contribution in [0, 0.1) is 11.8 Å². The normalized spacial score (nSPS) is 22.7. The van der Waals surface area contributed by atoms with Crippen molar-refractivity contribution in [1.29, 1.82) is 0 Å². The zero-order valence-electron chi connectivity index (χ0n) is 24.3. The molecule has 1 aromatic heterocycles. The summed E-state index contributed by atoms with van der Waals surface area (Å²) in [6.45, 7) is 6.76. The highest BCUT2D eigenvalue weighted by molar-refractivity contribution is 7.77. The first kappa shape index (κ1) is 33.3. The number of hydrogen-bond donors (Lipinski definition) is 2. The molecule has 0 bridgehead atoms. The van der Waals surface area contributed by atoms with Crippen molar-refractivity contribution >= 4 is 30.7 Å². The number of esters is 2. The molecule has 1 aromatic carbocycles. The fourth-order valence-electron chi connectivity index (χ4n) is 4.48. The molecule has 1 aliphatic rings. The van der Waals surface area contributed by atoms with Gasteiger partial charge in [-0.2, -0.15) is 0 Å². The SMILES string of the molecule is COc1cccc(-c2cn(CC3OC(OCC(COCCC(=O)ONS)OC(C)=O)C(C)[C@@H](C)[C@H]3OC(C)=O)nn2)c1. The second-order valence-corrected chi connectivity index (χ2v) is 10.0. The molecule has 1 saturated heterocycles. The van der Waals surface area contributed by atoms with E-state index in [1.807, 2.05) is 43.0 Å². The molecule has 2 heterocycles. The molecule has 3 rings (SSSR count). The Kier molecular flexibility index (Phi) is 13.0. The van der Waals surface area contributed by atoms with E-state index in [9.17, 15) is 14.4 Å². The highest BCUT2D eigenvalue weighted by Crippen LogP contribution is 2.34. The number of aromatic nitrogens is 3. The quantitative estimate of drug-likeness (QED) is 0.0994. The lowest BCUT2D eigenvalue weighted by molar-refractivity contribution is -0.275. The van der Waals surface area contributed by atoms with Crippen LogP contribution in [0.25, 0.3) is 11.3 Å². The van der Waals surface area contributed by atoms with Crippen molar-refractivity contribution in [3.05, 3.63) is 30.5 Å². The lowest BCUT2D eigenvalue weighted by Crippen LogP contribution is -2.53. The van der Waals surface area contributed by atoms with Crippen LogP contribution >= 0.6 is 12.8 Å². The molecular weight excluding hydrogens is 572 g/mol. The molecular formula is C27H38N4O10S. The van der Waals surface area contributed by atoms with Gasteiger partial charge in [0.25, 0.3) is 0 Å². The summed E-state index contributed by atoms with van der Waals surface area (Å²) in [6, 6.07) is 7.46. The summed E-state index contributed by atoms with van der Waals surface area (Å²) in [4.78, 5) is 41.6. The van der Waals surface area contributed by atoms with Crippen LogP contribution in [-0.4, -0.2) is 84.4 Å². The summed E-state index contributed by atoms with van der Waals surface area (Å²) in [6.07, 6.45) is -0.897. The van der Waals surface area contributed by atoms with Crippen LogP contribution in [0.2, 0.25) is 0 Å². The van der Waals surface area contributed by atoms with Gasteiger partial charge in [0.05, 0.1) is 46.1 Å². The van der Waals surface area contributed by atoms with E-state index in [-0.39, 0.29) is 44.6 Å². The molecule has 1 aliphatic heterocycles. The van der Waals surface area contributed by atoms with Gasteiger partial charge in [-0.1, -0.05) is 48.9 Å². The van der Waals surface area contributed by atoms with Crippen molar-refractivity contribution in [3.8, 4) is 17.0 Å². The van der Waals surface area contributed by atoms with Gasteiger partial charge in [-0.3, -0.25) is 14.4 Å². The van der Waals surface area contributed by atoms with Crippen LogP contribution in [-0.2, 0) is 49.5 Å². The predicted octanol–water partition coefficient (Wildman–Crippen LogP) is 2.13. The van der Waals surface area contributed by atoms with Crippen LogP contribution in [0.4, 0.5) is 0 Å². The standard InChI is InChI=1S/C27H38N4O10S/c1-16-17(2)27(37-15-22(38-18(3)32)14-36-10-9-25(34)41-30-42)40-24(26(16)39-19(4)33)13-31-12-23(28-29-31)20-7-6-8-21(11-20)35-5/h6-8,11-12,16-17,22,24,26-27,30,42H,9-10,13-15H2,1-5H3/t16-,17?,22?,24?,26-,27?/m1/s1. The molecule has 0 aliphatic carbocycles. The average molecular weight is 611 g/mol. The first-order valence-corrected chi connectivity index (χ1v) is 13.9. The summed E-state index contributed by atoms with van der Waals surface area (Å²) in [5.41, 5.74) is 1.47. The van der Waals surface area contributed by atoms with Gasteiger partial charge in [-0.25, -0.2) is 4.68 Å². The zero-order chi connectivity index (χ0) is 30.6. The van der Waals surface area contributed by atoms with Gasteiger partial charge in [-0.05, 0) is 12.1 Å². The summed E-state index contributed by atoms with van der Waals surface area (Å²) in [5, 5.41) is 8.52. The van der Waals surface area contributed by atoms with Gasteiger partial charge < -0.3 is 33.3 Å². The lowest BCUT2D eigenvalue weighted by Gasteiger charge is -2.43. The number of methoxy groups -OCH3 is 1. The van der Waals surface area contributed by atoms with E-state index in [2.05, 4.69) is 28.0 Å². The topological polar surface area (TPSA) is 159 Å². The van der Waals surface area contributed by atoms with Gasteiger partial charge in [0.2, 0.25) is 0 Å². The number of rotatable bonds is 15. The van der Waals surface area contributed by atoms with E-state index < -0.39 is 42.5 Å². The predicted molar refractivity (Wildman–Crippen MR) is 150 cm³/mol. The second-order valence-electron chi connectivity index (χ2n) is 9.85. The van der Waals surface area contributed by atoms with Crippen LogP contribution < -0.4 is 9.62 Å². The van der Waals surface area contributed by atoms with Gasteiger partial charge in [0, 0.05) is 31.2 Å². The second kappa shape index (κ2) is 16.4. The summed E-state index contributed by atoms with van der Waals surface area (Å²) >= 11 is 3.59. The van der Waals surface area contributed by atoms with Crippen molar-refractivity contribution < 1.29 is 47.6 Å². The van der Waals surface area contributed by atoms with Crippen molar-refractivity contribution in [2.45, 2.75) is 65.3 Å². The third-order valence-electron chi connectivity index (χ3n) is 6.72. The van der Waals surface area contributed by atoms with Crippen LogP contribution in [0.1, 0.15) is 34.1 Å². The van der Waals surface area contributed by atoms with Gasteiger partial charge in [0.15, 0.2) is 6.29 Å². The minimum atomic E-state index is -0.752. The first-order chi connectivity index (χ1) is 20.1. The molecule has 1 fully saturated rings. The zero-order valence-corrected chi connectivity index (χ0v) is 25.2. The Morgan fingerprint density at radius 3 is 2.62 bits per heavy atom. The minimum Gasteiger partial charge on any atom is -0.497 e. The maximum absolute atomic E-state index is 12.0. The number of carbonyl (C=O) groups is 3. The smallest absolute Gasteiger partial charge is 0.328 e. The molecule has 4 unspecified atom stereocenters. The first-order valence-electron chi connectivity index (χ1n) is 13.4. The lowest BCUT2D eigenvalue weighted by atomic mass is 9.84. The van der Waals surface area contributed by atoms with E-state index >= 15 is 0 Å². The maximum atomic E-state index is 12.0. The third kappa shape index (κ3) is 9.94. The van der Waals surface area contributed by atoms with E-state index in [0.717, 1.165) is 5.56 Å². The molecule has 6 atom stereocenters. The number of benzene rings is 1. The average Bonchev–Trinajstić information content (AvgIpc) is 3.42. The molecule has 0 spiro atoms. The molecule has 14 nitrogen and oxygen atoms in total. The highest BCUT2D eigenvalue weighted by Gasteiger charge is 2.44. The number of carbonyl (C=O) groups excluding carboxylic acids is 3. The molecule has 232 valence electrons. The maximum Gasteiger partial charge on any atom is 0.328 e. The number of ether oxygens (including phenoxy) is 6. The van der Waals surface area contributed by atoms with Gasteiger partial charge >= 0.3 is 17.9 Å². The van der Waals surface area contributed by atoms with Crippen LogP contribution in [0.15, 0.2) is 30.5 Å². The summed E-state index contributed by atoms with van der Waals surface area (Å²) in [5.74, 6) is -1.13. The van der Waals surface area contributed by atoms with Crippen molar-refractivity contribution in [2.24, 2.45) is 11.8 Å². The Hall–Kier alpha value is -3.24. The fourth-order valence-corrected chi connectivity index (χ4v) is 4.59. The fraction of sp³-hybridized carbons (Fsp3) is 0.593. The number of hydrogen-bond acceptors (Lipinski definition) is 14. The van der Waals surface area contributed by atoms with Crippen LogP contribution in [0.5, 0.6) is 5.75 Å². The Labute approximate surface area is 249 Å². The number of nitrogens with zero attached hydrogens (tertiary/aromatic N) is 3. The largest absolute Gasteiger partial charge is 0.497 e.